The van der Waals surface area contributed by atoms with Crippen LogP contribution in [0.3, 0.4) is 0 Å². The van der Waals surface area contributed by atoms with Crippen LogP contribution in [0.2, 0.25) is 0 Å². The molecule has 23 heavy (non-hydrogen) atoms. The van der Waals surface area contributed by atoms with Gasteiger partial charge in [-0.2, -0.15) is 5.26 Å². The predicted octanol–water partition coefficient (Wildman–Crippen LogP) is 3.58. The number of halogens is 1. The van der Waals surface area contributed by atoms with Crippen molar-refractivity contribution >= 4 is 5.96 Å². The molecule has 2 N–H and O–H groups in total. The minimum atomic E-state index is -0.392. The highest BCUT2D eigenvalue weighted by Gasteiger charge is 2.07. The predicted molar refractivity (Wildman–Crippen MR) is 92.6 cm³/mol. The van der Waals surface area contributed by atoms with Gasteiger partial charge in [-0.1, -0.05) is 19.9 Å². The number of guanidine groups is 1. The first kappa shape index (κ1) is 19.0. The molecule has 0 spiro atoms. The second kappa shape index (κ2) is 9.83. The van der Waals surface area contributed by atoms with Crippen molar-refractivity contribution in [3.8, 4) is 6.07 Å². The van der Waals surface area contributed by atoms with E-state index in [0.29, 0.717) is 29.0 Å². The molecule has 1 aromatic rings. The molecule has 0 heterocycles. The van der Waals surface area contributed by atoms with E-state index in [2.05, 4.69) is 36.4 Å². The molecule has 0 bridgehead atoms. The molecule has 4 nitrogen and oxygen atoms in total. The van der Waals surface area contributed by atoms with Gasteiger partial charge in [-0.05, 0) is 44.7 Å². The van der Waals surface area contributed by atoms with Crippen molar-refractivity contribution in [3.63, 3.8) is 0 Å². The van der Waals surface area contributed by atoms with E-state index < -0.39 is 5.82 Å². The van der Waals surface area contributed by atoms with Gasteiger partial charge in [0.2, 0.25) is 0 Å². The zero-order chi connectivity index (χ0) is 17.2. The molecule has 1 unspecified atom stereocenters. The molecule has 1 aromatic carbocycles. The zero-order valence-electron chi connectivity index (χ0n) is 14.5. The van der Waals surface area contributed by atoms with E-state index in [9.17, 15) is 4.39 Å². The van der Waals surface area contributed by atoms with Gasteiger partial charge in [0.05, 0.1) is 18.2 Å². The summed E-state index contributed by atoms with van der Waals surface area (Å²) in [5.41, 5.74) is 0.804. The number of nitrogens with zero attached hydrogens (tertiary/aromatic N) is 2. The molecule has 0 radical (unpaired) electrons. The van der Waals surface area contributed by atoms with E-state index in [4.69, 9.17) is 5.26 Å². The molecule has 0 fully saturated rings. The van der Waals surface area contributed by atoms with E-state index in [1.807, 2.05) is 13.0 Å². The summed E-state index contributed by atoms with van der Waals surface area (Å²) in [7, 11) is 0. The Balaban J connectivity index is 2.69. The van der Waals surface area contributed by atoms with Crippen molar-refractivity contribution in [2.75, 3.05) is 6.54 Å². The lowest BCUT2D eigenvalue weighted by molar-refractivity contribution is 0.489. The Morgan fingerprint density at radius 1 is 1.30 bits per heavy atom. The Kier molecular flexibility index (Phi) is 8.10. The maximum atomic E-state index is 13.9. The van der Waals surface area contributed by atoms with Gasteiger partial charge < -0.3 is 10.6 Å². The third-order valence-electron chi connectivity index (χ3n) is 3.49. The molecular weight excluding hydrogens is 291 g/mol. The van der Waals surface area contributed by atoms with Crippen LogP contribution >= 0.6 is 0 Å². The smallest absolute Gasteiger partial charge is 0.191 e. The summed E-state index contributed by atoms with van der Waals surface area (Å²) < 4.78 is 13.9. The fraction of sp³-hybridized carbons (Fsp3) is 0.556. The van der Waals surface area contributed by atoms with Gasteiger partial charge in [-0.3, -0.25) is 0 Å². The van der Waals surface area contributed by atoms with Crippen LogP contribution < -0.4 is 10.6 Å². The minimum Gasteiger partial charge on any atom is -0.357 e. The highest BCUT2D eigenvalue weighted by Crippen LogP contribution is 2.11. The zero-order valence-corrected chi connectivity index (χ0v) is 14.5. The van der Waals surface area contributed by atoms with E-state index >= 15 is 0 Å². The first-order valence-corrected chi connectivity index (χ1v) is 8.19. The molecular formula is C18H27FN4. The third kappa shape index (κ3) is 7.14. The van der Waals surface area contributed by atoms with E-state index in [0.717, 1.165) is 19.4 Å². The molecule has 0 aliphatic rings. The lowest BCUT2D eigenvalue weighted by Gasteiger charge is -2.18. The summed E-state index contributed by atoms with van der Waals surface area (Å²) in [4.78, 5) is 4.44. The molecule has 1 rings (SSSR count). The summed E-state index contributed by atoms with van der Waals surface area (Å²) in [5.74, 6) is 0.968. The van der Waals surface area contributed by atoms with Crippen molar-refractivity contribution in [2.45, 2.75) is 53.1 Å². The Morgan fingerprint density at radius 2 is 2.04 bits per heavy atom. The van der Waals surface area contributed by atoms with Crippen LogP contribution in [0.4, 0.5) is 4.39 Å². The fourth-order valence-corrected chi connectivity index (χ4v) is 2.12. The average Bonchev–Trinajstić information content (AvgIpc) is 2.51. The van der Waals surface area contributed by atoms with E-state index in [1.54, 1.807) is 12.1 Å². The molecule has 0 saturated heterocycles. The molecule has 0 saturated carbocycles. The number of nitrogens with one attached hydrogen (secondary N) is 2. The van der Waals surface area contributed by atoms with Crippen molar-refractivity contribution in [1.29, 1.82) is 5.26 Å². The maximum absolute atomic E-state index is 13.9. The highest BCUT2D eigenvalue weighted by atomic mass is 19.1. The summed E-state index contributed by atoms with van der Waals surface area (Å²) in [6.07, 6.45) is 2.21. The lowest BCUT2D eigenvalue weighted by Crippen LogP contribution is -2.42. The van der Waals surface area contributed by atoms with Crippen LogP contribution in [0, 0.1) is 23.1 Å². The first-order chi connectivity index (χ1) is 11.0. The second-order valence-corrected chi connectivity index (χ2v) is 6.13. The number of rotatable bonds is 7. The topological polar surface area (TPSA) is 60.2 Å². The Bertz CT molecular complexity index is 561. The standard InChI is InChI=1S/C18H27FN4/c1-5-21-18(23-14(4)7-6-13(2)3)22-12-16-9-8-15(11-20)10-17(16)19/h8-10,13-14H,5-7,12H2,1-4H3,(H2,21,22,23). The molecule has 0 amide bonds. The van der Waals surface area contributed by atoms with Crippen LogP contribution in [-0.2, 0) is 6.54 Å². The molecule has 0 aliphatic carbocycles. The SMILES string of the molecule is CCNC(=NCc1ccc(C#N)cc1F)NC(C)CCC(C)C. The van der Waals surface area contributed by atoms with Gasteiger partial charge in [0, 0.05) is 18.2 Å². The molecule has 126 valence electrons. The fourth-order valence-electron chi connectivity index (χ4n) is 2.12. The summed E-state index contributed by atoms with van der Waals surface area (Å²) in [6, 6.07) is 6.71. The van der Waals surface area contributed by atoms with Gasteiger partial charge in [-0.25, -0.2) is 9.38 Å². The van der Waals surface area contributed by atoms with E-state index in [1.165, 1.54) is 6.07 Å². The minimum absolute atomic E-state index is 0.240. The summed E-state index contributed by atoms with van der Waals surface area (Å²) >= 11 is 0. The summed E-state index contributed by atoms with van der Waals surface area (Å²) in [5, 5.41) is 15.3. The van der Waals surface area contributed by atoms with Gasteiger partial charge >= 0.3 is 0 Å². The van der Waals surface area contributed by atoms with Gasteiger partial charge in [-0.15, -0.1) is 0 Å². The number of nitriles is 1. The number of hydrogen-bond acceptors (Lipinski definition) is 2. The maximum Gasteiger partial charge on any atom is 0.191 e. The van der Waals surface area contributed by atoms with Crippen molar-refractivity contribution in [1.82, 2.24) is 10.6 Å². The average molecular weight is 318 g/mol. The second-order valence-electron chi connectivity index (χ2n) is 6.13. The molecule has 0 aromatic heterocycles. The third-order valence-corrected chi connectivity index (χ3v) is 3.49. The Labute approximate surface area is 138 Å². The normalized spacial score (nSPS) is 12.8. The van der Waals surface area contributed by atoms with Crippen LogP contribution in [0.5, 0.6) is 0 Å². The number of hydrogen-bond donors (Lipinski definition) is 2. The largest absolute Gasteiger partial charge is 0.357 e. The van der Waals surface area contributed by atoms with Gasteiger partial charge in [0.1, 0.15) is 5.82 Å². The van der Waals surface area contributed by atoms with Crippen LogP contribution in [0.15, 0.2) is 23.2 Å². The quantitative estimate of drug-likeness (QED) is 0.597. The Morgan fingerprint density at radius 3 is 2.61 bits per heavy atom. The lowest BCUT2D eigenvalue weighted by atomic mass is 10.0. The Hall–Kier alpha value is -2.09. The van der Waals surface area contributed by atoms with E-state index in [-0.39, 0.29) is 6.54 Å². The van der Waals surface area contributed by atoms with Crippen LogP contribution in [0.1, 0.15) is 51.7 Å². The van der Waals surface area contributed by atoms with Crippen molar-refractivity contribution in [3.05, 3.63) is 35.1 Å². The highest BCUT2D eigenvalue weighted by molar-refractivity contribution is 5.80. The summed E-state index contributed by atoms with van der Waals surface area (Å²) in [6.45, 7) is 9.53. The van der Waals surface area contributed by atoms with Crippen LogP contribution in [-0.4, -0.2) is 18.5 Å². The van der Waals surface area contributed by atoms with Crippen LogP contribution in [0.25, 0.3) is 0 Å². The van der Waals surface area contributed by atoms with Crippen molar-refractivity contribution in [2.24, 2.45) is 10.9 Å². The molecule has 5 heteroatoms. The number of benzene rings is 1. The molecule has 0 aliphatic heterocycles. The monoisotopic (exact) mass is 318 g/mol. The van der Waals surface area contributed by atoms with Gasteiger partial charge in [0.25, 0.3) is 0 Å². The van der Waals surface area contributed by atoms with Gasteiger partial charge in [0.15, 0.2) is 5.96 Å². The number of aliphatic imine (C=N–C) groups is 1. The molecule has 1 atom stereocenters. The van der Waals surface area contributed by atoms with Crippen molar-refractivity contribution < 1.29 is 4.39 Å². The first-order valence-electron chi connectivity index (χ1n) is 8.19.